The van der Waals surface area contributed by atoms with Crippen molar-refractivity contribution in [2.75, 3.05) is 39.9 Å². The van der Waals surface area contributed by atoms with Crippen molar-refractivity contribution in [3.05, 3.63) is 0 Å². The van der Waals surface area contributed by atoms with E-state index in [9.17, 15) is 0 Å². The molecule has 108 valence electrons. The first kappa shape index (κ1) is 15.9. The number of rotatable bonds is 9. The summed E-state index contributed by atoms with van der Waals surface area (Å²) >= 11 is 0. The van der Waals surface area contributed by atoms with E-state index < -0.39 is 0 Å². The van der Waals surface area contributed by atoms with Crippen molar-refractivity contribution in [3.63, 3.8) is 0 Å². The zero-order valence-corrected chi connectivity index (χ0v) is 12.4. The smallest absolute Gasteiger partial charge is 0.0726 e. The Kier molecular flexibility index (Phi) is 7.82. The Hall–Kier alpha value is -0.160. The highest BCUT2D eigenvalue weighted by Gasteiger charge is 2.21. The summed E-state index contributed by atoms with van der Waals surface area (Å²) in [6.07, 6.45) is 3.16. The van der Waals surface area contributed by atoms with E-state index in [2.05, 4.69) is 38.0 Å². The second kappa shape index (κ2) is 8.86. The fourth-order valence-electron chi connectivity index (χ4n) is 2.17. The molecule has 4 nitrogen and oxygen atoms in total. The van der Waals surface area contributed by atoms with Crippen LogP contribution in [0.5, 0.6) is 0 Å². The molecule has 0 saturated carbocycles. The first-order valence-electron chi connectivity index (χ1n) is 7.24. The van der Waals surface area contributed by atoms with Crippen molar-refractivity contribution in [1.29, 1.82) is 0 Å². The molecule has 4 heteroatoms. The topological polar surface area (TPSA) is 33.7 Å². The predicted molar refractivity (Wildman–Crippen MR) is 75.0 cm³/mol. The lowest BCUT2D eigenvalue weighted by atomic mass is 10.1. The Morgan fingerprint density at radius 1 is 1.33 bits per heavy atom. The van der Waals surface area contributed by atoms with Gasteiger partial charge in [0.05, 0.1) is 18.8 Å². The molecule has 1 saturated heterocycles. The number of ether oxygens (including phenoxy) is 2. The molecule has 0 radical (unpaired) electrons. The zero-order chi connectivity index (χ0) is 13.4. The van der Waals surface area contributed by atoms with Crippen LogP contribution in [0.1, 0.15) is 33.6 Å². The number of nitrogens with one attached hydrogen (secondary N) is 1. The molecule has 1 rings (SSSR count). The monoisotopic (exact) mass is 258 g/mol. The van der Waals surface area contributed by atoms with Gasteiger partial charge >= 0.3 is 0 Å². The van der Waals surface area contributed by atoms with Gasteiger partial charge in [-0.3, -0.25) is 0 Å². The Labute approximate surface area is 112 Å². The minimum atomic E-state index is 0.330. The van der Waals surface area contributed by atoms with Gasteiger partial charge in [-0.2, -0.15) is 0 Å². The molecule has 1 aliphatic rings. The molecule has 2 atom stereocenters. The molecule has 0 aromatic rings. The van der Waals surface area contributed by atoms with Gasteiger partial charge in [-0.25, -0.2) is 0 Å². The maximum Gasteiger partial charge on any atom is 0.0726 e. The molecular weight excluding hydrogens is 228 g/mol. The highest BCUT2D eigenvalue weighted by molar-refractivity contribution is 4.76. The third kappa shape index (κ3) is 6.69. The van der Waals surface area contributed by atoms with Crippen molar-refractivity contribution < 1.29 is 9.47 Å². The summed E-state index contributed by atoms with van der Waals surface area (Å²) in [6, 6.07) is 0.466. The molecule has 0 aliphatic carbocycles. The van der Waals surface area contributed by atoms with Crippen LogP contribution in [0.25, 0.3) is 0 Å². The van der Waals surface area contributed by atoms with Gasteiger partial charge in [0.2, 0.25) is 0 Å². The third-order valence-electron chi connectivity index (χ3n) is 3.41. The quantitative estimate of drug-likeness (QED) is 0.679. The van der Waals surface area contributed by atoms with E-state index >= 15 is 0 Å². The van der Waals surface area contributed by atoms with Crippen LogP contribution in [-0.2, 0) is 9.47 Å². The highest BCUT2D eigenvalue weighted by atomic mass is 16.5. The van der Waals surface area contributed by atoms with E-state index in [1.165, 1.54) is 12.8 Å². The van der Waals surface area contributed by atoms with Crippen molar-refractivity contribution in [3.8, 4) is 0 Å². The van der Waals surface area contributed by atoms with Gasteiger partial charge in [0.1, 0.15) is 0 Å². The van der Waals surface area contributed by atoms with E-state index in [4.69, 9.17) is 9.47 Å². The molecule has 18 heavy (non-hydrogen) atoms. The second-order valence-electron chi connectivity index (χ2n) is 5.52. The van der Waals surface area contributed by atoms with Crippen LogP contribution in [0.4, 0.5) is 0 Å². The van der Waals surface area contributed by atoms with Crippen LogP contribution in [0.3, 0.4) is 0 Å². The van der Waals surface area contributed by atoms with Crippen LogP contribution < -0.4 is 5.32 Å². The first-order valence-corrected chi connectivity index (χ1v) is 7.24. The Balaban J connectivity index is 1.98. The Morgan fingerprint density at radius 3 is 2.72 bits per heavy atom. The van der Waals surface area contributed by atoms with Crippen molar-refractivity contribution in [1.82, 2.24) is 10.2 Å². The normalized spacial score (nSPS) is 22.0. The van der Waals surface area contributed by atoms with Crippen molar-refractivity contribution in [2.24, 2.45) is 0 Å². The minimum absolute atomic E-state index is 0.330. The van der Waals surface area contributed by atoms with Crippen LogP contribution >= 0.6 is 0 Å². The lowest BCUT2D eigenvalue weighted by Crippen LogP contribution is -2.41. The first-order chi connectivity index (χ1) is 8.59. The molecule has 0 bridgehead atoms. The van der Waals surface area contributed by atoms with E-state index in [0.717, 1.165) is 32.8 Å². The van der Waals surface area contributed by atoms with Gasteiger partial charge in [0, 0.05) is 32.3 Å². The molecule has 2 unspecified atom stereocenters. The third-order valence-corrected chi connectivity index (χ3v) is 3.41. The molecule has 1 heterocycles. The molecule has 1 aliphatic heterocycles. The summed E-state index contributed by atoms with van der Waals surface area (Å²) in [5, 5.41) is 3.55. The van der Waals surface area contributed by atoms with E-state index in [0.29, 0.717) is 18.2 Å². The van der Waals surface area contributed by atoms with Gasteiger partial charge in [0.25, 0.3) is 0 Å². The van der Waals surface area contributed by atoms with Crippen molar-refractivity contribution >= 4 is 0 Å². The molecule has 1 fully saturated rings. The number of likely N-dealkylation sites (N-methyl/N-ethyl adjacent to an activating group) is 1. The zero-order valence-electron chi connectivity index (χ0n) is 12.4. The van der Waals surface area contributed by atoms with Crippen LogP contribution in [0, 0.1) is 0 Å². The predicted octanol–water partition coefficient (Wildman–Crippen LogP) is 1.50. The molecule has 0 aromatic heterocycles. The maximum atomic E-state index is 5.67. The van der Waals surface area contributed by atoms with Gasteiger partial charge in [-0.15, -0.1) is 0 Å². The SMILES string of the molecule is CC(C)OCCN(C)CCNC(C)C1CCCO1. The summed E-state index contributed by atoms with van der Waals surface area (Å²) in [7, 11) is 2.14. The fourth-order valence-corrected chi connectivity index (χ4v) is 2.17. The van der Waals surface area contributed by atoms with E-state index in [1.54, 1.807) is 0 Å². The minimum Gasteiger partial charge on any atom is -0.377 e. The lowest BCUT2D eigenvalue weighted by molar-refractivity contribution is 0.0624. The Morgan fingerprint density at radius 2 is 2.11 bits per heavy atom. The van der Waals surface area contributed by atoms with Crippen LogP contribution in [0.2, 0.25) is 0 Å². The summed E-state index contributed by atoms with van der Waals surface area (Å²) in [5.41, 5.74) is 0. The van der Waals surface area contributed by atoms with Crippen molar-refractivity contribution in [2.45, 2.75) is 51.9 Å². The standard InChI is InChI=1S/C14H30N2O2/c1-12(2)17-11-9-16(4)8-7-15-13(3)14-6-5-10-18-14/h12-15H,5-11H2,1-4H3. The highest BCUT2D eigenvalue weighted by Crippen LogP contribution is 2.14. The second-order valence-corrected chi connectivity index (χ2v) is 5.52. The summed E-state index contributed by atoms with van der Waals surface area (Å²) in [5.74, 6) is 0. The maximum absolute atomic E-state index is 5.67. The van der Waals surface area contributed by atoms with Crippen LogP contribution in [0.15, 0.2) is 0 Å². The number of hydrogen-bond acceptors (Lipinski definition) is 4. The summed E-state index contributed by atoms with van der Waals surface area (Å²) < 4.78 is 11.2. The summed E-state index contributed by atoms with van der Waals surface area (Å²) in [6.45, 7) is 11.2. The largest absolute Gasteiger partial charge is 0.377 e. The van der Waals surface area contributed by atoms with Gasteiger partial charge in [-0.1, -0.05) is 0 Å². The average molecular weight is 258 g/mol. The molecule has 0 amide bonds. The number of hydrogen-bond donors (Lipinski definition) is 1. The molecule has 1 N–H and O–H groups in total. The average Bonchev–Trinajstić information content (AvgIpc) is 2.81. The number of nitrogens with zero attached hydrogens (tertiary/aromatic N) is 1. The van der Waals surface area contributed by atoms with Gasteiger partial charge < -0.3 is 19.7 Å². The Bertz CT molecular complexity index is 206. The van der Waals surface area contributed by atoms with Crippen LogP contribution in [-0.4, -0.2) is 63.0 Å². The van der Waals surface area contributed by atoms with Gasteiger partial charge in [0.15, 0.2) is 0 Å². The summed E-state index contributed by atoms with van der Waals surface area (Å²) in [4.78, 5) is 2.30. The lowest BCUT2D eigenvalue weighted by Gasteiger charge is -2.22. The molecule has 0 aromatic carbocycles. The van der Waals surface area contributed by atoms with E-state index in [1.807, 2.05) is 0 Å². The molecular formula is C14H30N2O2. The molecule has 0 spiro atoms. The fraction of sp³-hybridized carbons (Fsp3) is 1.00. The van der Waals surface area contributed by atoms with Gasteiger partial charge in [-0.05, 0) is 40.7 Å². The van der Waals surface area contributed by atoms with E-state index in [-0.39, 0.29) is 0 Å².